The number of halogens is 4. The second-order valence-electron chi connectivity index (χ2n) is 11.0. The van der Waals surface area contributed by atoms with Crippen LogP contribution < -0.4 is 10.9 Å². The maximum absolute atomic E-state index is 14.0. The van der Waals surface area contributed by atoms with Gasteiger partial charge < -0.3 is 10.2 Å². The van der Waals surface area contributed by atoms with Crippen molar-refractivity contribution >= 4 is 23.4 Å². The van der Waals surface area contributed by atoms with Gasteiger partial charge in [-0.1, -0.05) is 43.7 Å². The van der Waals surface area contributed by atoms with Crippen molar-refractivity contribution in [3.05, 3.63) is 85.8 Å². The molecule has 12 heteroatoms. The van der Waals surface area contributed by atoms with Crippen LogP contribution in [0.5, 0.6) is 0 Å². The Kier molecular flexibility index (Phi) is 8.41. The summed E-state index contributed by atoms with van der Waals surface area (Å²) in [6.07, 6.45) is 2.90. The smallest absolute Gasteiger partial charge is 0.354 e. The number of rotatable bonds is 5. The molecule has 1 aliphatic carbocycles. The summed E-state index contributed by atoms with van der Waals surface area (Å²) in [5.74, 6) is -0.0678. The average Bonchev–Trinajstić information content (AvgIpc) is 2.97. The van der Waals surface area contributed by atoms with Crippen LogP contribution in [-0.4, -0.2) is 44.3 Å². The lowest BCUT2D eigenvalue weighted by Crippen LogP contribution is -2.46. The van der Waals surface area contributed by atoms with Crippen molar-refractivity contribution < 1.29 is 22.8 Å². The number of hydrogen-bond acceptors (Lipinski definition) is 5. The Balaban J connectivity index is 1.54. The summed E-state index contributed by atoms with van der Waals surface area (Å²) in [4.78, 5) is 50.1. The molecule has 2 aliphatic rings. The van der Waals surface area contributed by atoms with Gasteiger partial charge in [-0.05, 0) is 49.6 Å². The topological polar surface area (TPSA) is 97.2 Å². The van der Waals surface area contributed by atoms with Gasteiger partial charge in [0.2, 0.25) is 0 Å². The van der Waals surface area contributed by atoms with E-state index in [-0.39, 0.29) is 35.7 Å². The molecule has 2 amide bonds. The van der Waals surface area contributed by atoms with Gasteiger partial charge in [-0.25, -0.2) is 9.97 Å². The van der Waals surface area contributed by atoms with Gasteiger partial charge in [-0.3, -0.25) is 19.0 Å². The molecule has 1 saturated carbocycles. The summed E-state index contributed by atoms with van der Waals surface area (Å²) in [5.41, 5.74) is 0.0976. The van der Waals surface area contributed by atoms with E-state index in [1.807, 2.05) is 0 Å². The van der Waals surface area contributed by atoms with Gasteiger partial charge in [0.15, 0.2) is 0 Å². The van der Waals surface area contributed by atoms with Crippen molar-refractivity contribution in [2.45, 2.75) is 70.6 Å². The predicted octanol–water partition coefficient (Wildman–Crippen LogP) is 5.37. The quantitative estimate of drug-likeness (QED) is 0.424. The molecule has 0 saturated heterocycles. The molecule has 1 aromatic carbocycles. The molecule has 222 valence electrons. The van der Waals surface area contributed by atoms with Crippen LogP contribution in [0.2, 0.25) is 5.02 Å². The number of nitrogens with zero attached hydrogens (tertiary/aromatic N) is 4. The van der Waals surface area contributed by atoms with Gasteiger partial charge in [-0.15, -0.1) is 0 Å². The molecule has 3 aromatic rings. The van der Waals surface area contributed by atoms with E-state index in [0.717, 1.165) is 37.8 Å². The molecule has 0 spiro atoms. The second-order valence-corrected chi connectivity index (χ2v) is 11.4. The monoisotopic (exact) mass is 601 g/mol. The summed E-state index contributed by atoms with van der Waals surface area (Å²) in [7, 11) is 1.51. The van der Waals surface area contributed by atoms with Crippen LogP contribution in [0.3, 0.4) is 0 Å². The third-order valence-corrected chi connectivity index (χ3v) is 8.45. The number of aromatic nitrogens is 3. The SMILES string of the molecule is CNC(=O)c1ccc(-n2c(CC3CCCCC3)nc3c(c2=O)CC(C)N(C(=O)c2ccc(Cl)c(C(F)(F)F)c2)C3)cn1. The number of hydrogen-bond donors (Lipinski definition) is 1. The molecular formula is C30H31ClF3N5O3. The lowest BCUT2D eigenvalue weighted by atomic mass is 9.86. The normalized spacial score (nSPS) is 17.6. The highest BCUT2D eigenvalue weighted by atomic mass is 35.5. The van der Waals surface area contributed by atoms with Gasteiger partial charge in [0, 0.05) is 30.6 Å². The summed E-state index contributed by atoms with van der Waals surface area (Å²) in [5, 5.41) is 2.04. The number of nitrogens with one attached hydrogen (secondary N) is 1. The first-order valence-electron chi connectivity index (χ1n) is 14.0. The molecule has 5 rings (SSSR count). The number of pyridine rings is 1. The predicted molar refractivity (Wildman–Crippen MR) is 151 cm³/mol. The van der Waals surface area contributed by atoms with E-state index in [9.17, 15) is 27.6 Å². The van der Waals surface area contributed by atoms with Crippen LogP contribution in [0, 0.1) is 5.92 Å². The largest absolute Gasteiger partial charge is 0.417 e. The van der Waals surface area contributed by atoms with Gasteiger partial charge in [-0.2, -0.15) is 13.2 Å². The number of alkyl halides is 3. The molecular weight excluding hydrogens is 571 g/mol. The third kappa shape index (κ3) is 5.92. The summed E-state index contributed by atoms with van der Waals surface area (Å²) < 4.78 is 41.9. The molecule has 1 N–H and O–H groups in total. The maximum atomic E-state index is 14.0. The molecule has 0 radical (unpaired) electrons. The van der Waals surface area contributed by atoms with E-state index in [2.05, 4.69) is 10.3 Å². The van der Waals surface area contributed by atoms with Crippen LogP contribution in [0.25, 0.3) is 5.69 Å². The fraction of sp³-hybridized carbons (Fsp3) is 0.433. The van der Waals surface area contributed by atoms with E-state index in [4.69, 9.17) is 16.6 Å². The molecule has 2 aromatic heterocycles. The Labute approximate surface area is 245 Å². The zero-order chi connectivity index (χ0) is 30.2. The van der Waals surface area contributed by atoms with Crippen molar-refractivity contribution in [1.29, 1.82) is 0 Å². The van der Waals surface area contributed by atoms with Crippen molar-refractivity contribution in [1.82, 2.24) is 24.8 Å². The average molecular weight is 602 g/mol. The van der Waals surface area contributed by atoms with Gasteiger partial charge in [0.05, 0.1) is 34.7 Å². The minimum Gasteiger partial charge on any atom is -0.354 e. The minimum absolute atomic E-state index is 0.0130. The molecule has 1 fully saturated rings. The van der Waals surface area contributed by atoms with Crippen LogP contribution in [-0.2, 0) is 25.6 Å². The molecule has 1 aliphatic heterocycles. The van der Waals surface area contributed by atoms with Crippen LogP contribution in [0.1, 0.15) is 82.5 Å². The van der Waals surface area contributed by atoms with E-state index in [1.54, 1.807) is 23.6 Å². The Morgan fingerprint density at radius 1 is 1.12 bits per heavy atom. The standard InChI is InChI=1S/C30H31ClF3N5O3/c1-17-12-21-25(16-38(17)28(41)19-8-10-23(31)22(14-19)30(32,33)34)37-26(13-18-6-4-3-5-7-18)39(29(21)42)20-9-11-24(36-15-20)27(40)35-2/h8-11,14-15,17-18H,3-7,12-13,16H2,1-2H3,(H,35,40). The van der Waals surface area contributed by atoms with Gasteiger partial charge in [0.1, 0.15) is 11.5 Å². The van der Waals surface area contributed by atoms with Gasteiger partial charge >= 0.3 is 6.18 Å². The number of fused-ring (bicyclic) bond motifs is 1. The van der Waals surface area contributed by atoms with Gasteiger partial charge in [0.25, 0.3) is 17.4 Å². The van der Waals surface area contributed by atoms with Crippen LogP contribution in [0.15, 0.2) is 41.3 Å². The summed E-state index contributed by atoms with van der Waals surface area (Å²) >= 11 is 5.76. The van der Waals surface area contributed by atoms with E-state index < -0.39 is 28.7 Å². The molecule has 0 bridgehead atoms. The molecule has 3 heterocycles. The number of carbonyl (C=O) groups excluding carboxylic acids is 2. The fourth-order valence-corrected chi connectivity index (χ4v) is 6.08. The molecule has 1 atom stereocenters. The molecule has 1 unspecified atom stereocenters. The van der Waals surface area contributed by atoms with E-state index in [0.29, 0.717) is 35.1 Å². The zero-order valence-electron chi connectivity index (χ0n) is 23.3. The highest BCUT2D eigenvalue weighted by molar-refractivity contribution is 6.31. The lowest BCUT2D eigenvalue weighted by molar-refractivity contribution is -0.137. The Morgan fingerprint density at radius 2 is 1.86 bits per heavy atom. The van der Waals surface area contributed by atoms with Crippen LogP contribution >= 0.6 is 11.6 Å². The van der Waals surface area contributed by atoms with Crippen molar-refractivity contribution in [2.24, 2.45) is 5.92 Å². The van der Waals surface area contributed by atoms with E-state index >= 15 is 0 Å². The first-order chi connectivity index (χ1) is 20.0. The highest BCUT2D eigenvalue weighted by Gasteiger charge is 2.36. The molecule has 42 heavy (non-hydrogen) atoms. The first kappa shape index (κ1) is 29.8. The summed E-state index contributed by atoms with van der Waals surface area (Å²) in [6.45, 7) is 1.74. The van der Waals surface area contributed by atoms with Crippen molar-refractivity contribution in [2.75, 3.05) is 7.05 Å². The highest BCUT2D eigenvalue weighted by Crippen LogP contribution is 2.36. The Morgan fingerprint density at radius 3 is 2.50 bits per heavy atom. The van der Waals surface area contributed by atoms with Crippen molar-refractivity contribution in [3.63, 3.8) is 0 Å². The second kappa shape index (κ2) is 11.9. The Bertz CT molecular complexity index is 1570. The van der Waals surface area contributed by atoms with Crippen molar-refractivity contribution in [3.8, 4) is 5.69 Å². The number of carbonyl (C=O) groups is 2. The minimum atomic E-state index is -4.71. The van der Waals surface area contributed by atoms with E-state index in [1.165, 1.54) is 30.6 Å². The lowest BCUT2D eigenvalue weighted by Gasteiger charge is -2.35. The summed E-state index contributed by atoms with van der Waals surface area (Å²) in [6, 6.07) is 5.85. The molecule has 8 nitrogen and oxygen atoms in total. The zero-order valence-corrected chi connectivity index (χ0v) is 24.1. The Hall–Kier alpha value is -3.73. The maximum Gasteiger partial charge on any atom is 0.417 e. The van der Waals surface area contributed by atoms with Crippen LogP contribution in [0.4, 0.5) is 13.2 Å². The third-order valence-electron chi connectivity index (χ3n) is 8.12. The number of amides is 2. The number of benzene rings is 1. The first-order valence-corrected chi connectivity index (χ1v) is 14.4. The fourth-order valence-electron chi connectivity index (χ4n) is 5.85.